The Morgan fingerprint density at radius 3 is 1.39 bits per heavy atom. The first-order valence-electron chi connectivity index (χ1n) is 10.2. The molecule has 0 atom stereocenters. The Bertz CT molecular complexity index is 1460. The highest BCUT2D eigenvalue weighted by atomic mass is 32.2. The summed E-state index contributed by atoms with van der Waals surface area (Å²) in [6.07, 6.45) is 0. The van der Waals surface area contributed by atoms with E-state index in [0.29, 0.717) is 0 Å². The van der Waals surface area contributed by atoms with Crippen LogP contribution in [0, 0.1) is 0 Å². The fourth-order valence-corrected chi connectivity index (χ4v) is 17.2. The summed E-state index contributed by atoms with van der Waals surface area (Å²) >= 11 is 14.0. The minimum atomic E-state index is -1.27. The molecule has 0 aliphatic rings. The first kappa shape index (κ1) is 21.5. The van der Waals surface area contributed by atoms with Crippen LogP contribution in [0.2, 0.25) is 39.3 Å². The number of fused-ring (bicyclic) bond motifs is 6. The van der Waals surface area contributed by atoms with Crippen LogP contribution < -0.4 is 9.00 Å². The van der Waals surface area contributed by atoms with Crippen molar-refractivity contribution in [2.45, 2.75) is 49.1 Å². The summed E-state index contributed by atoms with van der Waals surface area (Å²) < 4.78 is 9.29. The molecule has 6 aromatic rings. The van der Waals surface area contributed by atoms with Crippen molar-refractivity contribution in [1.29, 1.82) is 0 Å². The lowest BCUT2D eigenvalue weighted by molar-refractivity contribution is 1.62. The van der Waals surface area contributed by atoms with Gasteiger partial charge in [0.25, 0.3) is 0 Å². The molecule has 6 heterocycles. The molecule has 6 aromatic heterocycles. The lowest BCUT2D eigenvalue weighted by Crippen LogP contribution is -2.34. The van der Waals surface area contributed by atoms with E-state index in [0.717, 1.165) is 0 Å². The van der Waals surface area contributed by atoms with Crippen molar-refractivity contribution < 1.29 is 0 Å². The lowest BCUT2D eigenvalue weighted by Gasteiger charge is -2.12. The van der Waals surface area contributed by atoms with Crippen LogP contribution in [0.5, 0.6) is 0 Å². The van der Waals surface area contributed by atoms with Gasteiger partial charge in [0.2, 0.25) is 0 Å². The first-order valence-corrected chi connectivity index (χ1v) is 23.0. The molecule has 0 spiro atoms. The standard InChI is InChI=1S/C22H22S7Si2/c1-30(2,3)15-7-11-17-13(9-23-21(17)28-19(11)26-15)25-14-10-24-22-18(14)12-8-16(31(4,5)6)27-20(12)29-22/h7-10H,1-6H3. The molecule has 0 aliphatic carbocycles. The van der Waals surface area contributed by atoms with E-state index in [1.165, 1.54) is 47.4 Å². The van der Waals surface area contributed by atoms with Crippen LogP contribution in [-0.4, -0.2) is 16.1 Å². The maximum atomic E-state index is 2.52. The molecule has 0 unspecified atom stereocenters. The van der Waals surface area contributed by atoms with E-state index in [1.807, 2.05) is 79.8 Å². The molecule has 0 saturated heterocycles. The highest BCUT2D eigenvalue weighted by Crippen LogP contribution is 2.51. The predicted octanol–water partition coefficient (Wildman–Crippen LogP) is 9.91. The Morgan fingerprint density at radius 1 is 0.581 bits per heavy atom. The molecule has 0 saturated carbocycles. The second-order valence-corrected chi connectivity index (χ2v) is 28.8. The van der Waals surface area contributed by atoms with Gasteiger partial charge in [0.15, 0.2) is 0 Å². The van der Waals surface area contributed by atoms with Crippen molar-refractivity contribution >= 4 is 143 Å². The highest BCUT2D eigenvalue weighted by molar-refractivity contribution is 8.00. The summed E-state index contributed by atoms with van der Waals surface area (Å²) in [4.78, 5) is 2.90. The average Bonchev–Trinajstić information content (AvgIpc) is 3.41. The molecule has 6 rings (SSSR count). The maximum Gasteiger partial charge on any atom is 0.0904 e. The van der Waals surface area contributed by atoms with Gasteiger partial charge in [-0.05, 0) is 21.1 Å². The topological polar surface area (TPSA) is 0 Å². The number of hydrogen-bond acceptors (Lipinski definition) is 7. The molecule has 0 amide bonds. The number of hydrogen-bond donors (Lipinski definition) is 0. The van der Waals surface area contributed by atoms with E-state index in [9.17, 15) is 0 Å². The van der Waals surface area contributed by atoms with E-state index in [4.69, 9.17) is 0 Å². The maximum absolute atomic E-state index is 2.52. The summed E-state index contributed by atoms with van der Waals surface area (Å²) in [7, 11) is -2.54. The molecular weight excluding hydrogens is 545 g/mol. The van der Waals surface area contributed by atoms with Gasteiger partial charge in [-0.3, -0.25) is 0 Å². The molecule has 31 heavy (non-hydrogen) atoms. The van der Waals surface area contributed by atoms with Crippen molar-refractivity contribution in [2.75, 3.05) is 0 Å². The quantitative estimate of drug-likeness (QED) is 0.191. The third kappa shape index (κ3) is 3.50. The second kappa shape index (κ2) is 7.26. The fourth-order valence-electron chi connectivity index (χ4n) is 3.71. The lowest BCUT2D eigenvalue weighted by atomic mass is 10.3. The van der Waals surface area contributed by atoms with Crippen molar-refractivity contribution in [2.24, 2.45) is 0 Å². The van der Waals surface area contributed by atoms with E-state index < -0.39 is 16.1 Å². The van der Waals surface area contributed by atoms with Crippen LogP contribution in [-0.2, 0) is 0 Å². The van der Waals surface area contributed by atoms with Crippen molar-refractivity contribution in [3.05, 3.63) is 22.9 Å². The molecule has 0 aromatic carbocycles. The minimum absolute atomic E-state index is 1.27. The van der Waals surface area contributed by atoms with Gasteiger partial charge < -0.3 is 0 Å². The van der Waals surface area contributed by atoms with Crippen LogP contribution in [0.15, 0.2) is 32.7 Å². The van der Waals surface area contributed by atoms with Gasteiger partial charge in [-0.15, -0.1) is 68.0 Å². The SMILES string of the molecule is C[Si](C)(C)c1cc2c(s1)sc1scc(Sc3csc4sc5sc([Si](C)(C)C)cc5c34)c12. The van der Waals surface area contributed by atoms with E-state index in [2.05, 4.69) is 62.2 Å². The summed E-state index contributed by atoms with van der Waals surface area (Å²) in [5.41, 5.74) is 0. The zero-order valence-electron chi connectivity index (χ0n) is 18.2. The highest BCUT2D eigenvalue weighted by Gasteiger charge is 2.25. The summed E-state index contributed by atoms with van der Waals surface area (Å²) in [5.74, 6) is 0. The molecule has 0 bridgehead atoms. The zero-order valence-corrected chi connectivity index (χ0v) is 25.9. The van der Waals surface area contributed by atoms with Crippen molar-refractivity contribution in [3.63, 3.8) is 0 Å². The zero-order chi connectivity index (χ0) is 21.7. The van der Waals surface area contributed by atoms with Crippen molar-refractivity contribution in [3.8, 4) is 0 Å². The second-order valence-electron chi connectivity index (χ2n) is 9.95. The Labute approximate surface area is 212 Å². The Balaban J connectivity index is 1.48. The molecule has 9 heteroatoms. The van der Waals surface area contributed by atoms with E-state index >= 15 is 0 Å². The van der Waals surface area contributed by atoms with Gasteiger partial charge in [0.1, 0.15) is 0 Å². The molecule has 0 nitrogen and oxygen atoms in total. The number of thiophene rings is 6. The van der Waals surface area contributed by atoms with Crippen LogP contribution in [0.25, 0.3) is 37.6 Å². The third-order valence-corrected chi connectivity index (χ3v) is 21.1. The van der Waals surface area contributed by atoms with Gasteiger partial charge in [-0.2, -0.15) is 0 Å². The van der Waals surface area contributed by atoms with E-state index in [-0.39, 0.29) is 0 Å². The Kier molecular flexibility index (Phi) is 5.05. The molecule has 0 aliphatic heterocycles. The predicted molar refractivity (Wildman–Crippen MR) is 160 cm³/mol. The van der Waals surface area contributed by atoms with Crippen LogP contribution >= 0.6 is 79.8 Å². The molecule has 0 fully saturated rings. The normalized spacial score (nSPS) is 13.6. The fraction of sp³-hybridized carbons (Fsp3) is 0.273. The van der Waals surface area contributed by atoms with Gasteiger partial charge >= 0.3 is 0 Å². The Hall–Kier alpha value is 0.0238. The smallest absolute Gasteiger partial charge is 0.0904 e. The van der Waals surface area contributed by atoms with Crippen LogP contribution in [0.3, 0.4) is 0 Å². The van der Waals surface area contributed by atoms with Gasteiger partial charge in [0, 0.05) is 42.1 Å². The number of rotatable bonds is 4. The summed E-state index contributed by atoms with van der Waals surface area (Å²) in [5, 5.41) is 10.8. The average molecular weight is 567 g/mol. The largest absolute Gasteiger partial charge is 0.134 e. The van der Waals surface area contributed by atoms with Crippen LogP contribution in [0.4, 0.5) is 0 Å². The molecule has 0 radical (unpaired) electrons. The first-order chi connectivity index (χ1) is 14.6. The molecule has 0 N–H and O–H groups in total. The van der Waals surface area contributed by atoms with Crippen molar-refractivity contribution in [1.82, 2.24) is 0 Å². The Morgan fingerprint density at radius 2 is 1.00 bits per heavy atom. The summed E-state index contributed by atoms with van der Waals surface area (Å²) in [6.45, 7) is 14.8. The van der Waals surface area contributed by atoms with Gasteiger partial charge in [0.05, 0.1) is 32.2 Å². The summed E-state index contributed by atoms with van der Waals surface area (Å²) in [6, 6.07) is 5.04. The minimum Gasteiger partial charge on any atom is -0.134 e. The van der Waals surface area contributed by atoms with Gasteiger partial charge in [-0.25, -0.2) is 0 Å². The van der Waals surface area contributed by atoms with Crippen LogP contribution in [0.1, 0.15) is 0 Å². The van der Waals surface area contributed by atoms with E-state index in [1.54, 1.807) is 9.00 Å². The van der Waals surface area contributed by atoms with Gasteiger partial charge in [-0.1, -0.05) is 51.0 Å². The molecule has 160 valence electrons. The third-order valence-electron chi connectivity index (χ3n) is 5.45. The molecular formula is C22H22S7Si2. The monoisotopic (exact) mass is 566 g/mol.